The fraction of sp³-hybridized carbons (Fsp3) is 0.500. The highest BCUT2D eigenvalue weighted by Gasteiger charge is 2.34. The van der Waals surface area contributed by atoms with Crippen LogP contribution in [0.25, 0.3) is 10.1 Å². The second-order valence-electron chi connectivity index (χ2n) is 6.26. The Kier molecular flexibility index (Phi) is 3.92. The van der Waals surface area contributed by atoms with E-state index in [-0.39, 0.29) is 5.91 Å². The summed E-state index contributed by atoms with van der Waals surface area (Å²) in [4.78, 5) is 14.9. The van der Waals surface area contributed by atoms with Crippen LogP contribution in [0.1, 0.15) is 18.5 Å². The van der Waals surface area contributed by atoms with E-state index in [0.29, 0.717) is 18.4 Å². The van der Waals surface area contributed by atoms with Crippen molar-refractivity contribution in [3.8, 4) is 0 Å². The van der Waals surface area contributed by atoms with Gasteiger partial charge in [0.05, 0.1) is 16.8 Å². The molecule has 5 rings (SSSR count). The fourth-order valence-electron chi connectivity index (χ4n) is 3.63. The summed E-state index contributed by atoms with van der Waals surface area (Å²) in [5, 5.41) is 4.33. The van der Waals surface area contributed by atoms with Gasteiger partial charge in [0.25, 0.3) is 0 Å². The first-order valence-corrected chi connectivity index (χ1v) is 9.31. The van der Waals surface area contributed by atoms with E-state index in [2.05, 4.69) is 36.6 Å². The molecule has 1 atom stereocenters. The third-order valence-electron chi connectivity index (χ3n) is 4.84. The SMILES string of the molecule is O=C(Cc1nsc2cc(Br)ccc12)N[C@@H]1CN2CCC1CC2. The summed E-state index contributed by atoms with van der Waals surface area (Å²) in [5.74, 6) is 0.769. The van der Waals surface area contributed by atoms with E-state index in [1.165, 1.54) is 37.5 Å². The number of hydrogen-bond donors (Lipinski definition) is 1. The standard InChI is InChI=1S/C16H18BrN3OS/c17-11-1-2-12-13(19-22-15(12)7-11)8-16(21)18-14-9-20-5-3-10(14)4-6-20/h1-2,7,10,14H,3-6,8-9H2,(H,18,21)/t14-/m1/s1. The highest BCUT2D eigenvalue weighted by molar-refractivity contribution is 9.10. The number of benzene rings is 1. The topological polar surface area (TPSA) is 45.2 Å². The van der Waals surface area contributed by atoms with E-state index in [4.69, 9.17) is 0 Å². The lowest BCUT2D eigenvalue weighted by Crippen LogP contribution is -2.57. The van der Waals surface area contributed by atoms with Crippen LogP contribution in [-0.4, -0.2) is 40.9 Å². The summed E-state index contributed by atoms with van der Waals surface area (Å²) in [7, 11) is 0. The molecule has 2 aromatic rings. The summed E-state index contributed by atoms with van der Waals surface area (Å²) in [5.41, 5.74) is 0.895. The lowest BCUT2D eigenvalue weighted by Gasteiger charge is -2.44. The number of fused-ring (bicyclic) bond motifs is 4. The maximum atomic E-state index is 12.4. The number of nitrogens with one attached hydrogen (secondary N) is 1. The molecule has 1 aromatic carbocycles. The van der Waals surface area contributed by atoms with Crippen molar-refractivity contribution < 1.29 is 4.79 Å². The van der Waals surface area contributed by atoms with Gasteiger partial charge >= 0.3 is 0 Å². The van der Waals surface area contributed by atoms with Gasteiger partial charge in [-0.15, -0.1) is 0 Å². The first kappa shape index (κ1) is 14.6. The molecule has 2 bridgehead atoms. The Labute approximate surface area is 142 Å². The third kappa shape index (κ3) is 2.79. The Balaban J connectivity index is 1.45. The third-order valence-corrected chi connectivity index (χ3v) is 6.18. The molecular formula is C16H18BrN3OS. The van der Waals surface area contributed by atoms with Gasteiger partial charge in [-0.05, 0) is 55.5 Å². The van der Waals surface area contributed by atoms with Crippen molar-refractivity contribution >= 4 is 43.5 Å². The quantitative estimate of drug-likeness (QED) is 0.891. The number of halogens is 1. The van der Waals surface area contributed by atoms with Gasteiger partial charge in [0.1, 0.15) is 0 Å². The van der Waals surface area contributed by atoms with Gasteiger partial charge in [0, 0.05) is 22.4 Å². The highest BCUT2D eigenvalue weighted by atomic mass is 79.9. The fourth-order valence-corrected chi connectivity index (χ4v) is 4.98. The van der Waals surface area contributed by atoms with Crippen LogP contribution in [-0.2, 0) is 11.2 Å². The van der Waals surface area contributed by atoms with E-state index in [0.717, 1.165) is 26.8 Å². The minimum atomic E-state index is 0.105. The molecule has 0 spiro atoms. The van der Waals surface area contributed by atoms with Crippen molar-refractivity contribution in [1.82, 2.24) is 14.6 Å². The Morgan fingerprint density at radius 2 is 2.23 bits per heavy atom. The maximum absolute atomic E-state index is 12.4. The zero-order chi connectivity index (χ0) is 15.1. The second kappa shape index (κ2) is 5.91. The van der Waals surface area contributed by atoms with Crippen molar-refractivity contribution in [2.75, 3.05) is 19.6 Å². The molecule has 1 N–H and O–H groups in total. The van der Waals surface area contributed by atoms with Gasteiger partial charge in [-0.1, -0.05) is 22.0 Å². The molecule has 3 aliphatic rings. The van der Waals surface area contributed by atoms with Gasteiger partial charge in [0.15, 0.2) is 0 Å². The van der Waals surface area contributed by atoms with E-state index in [9.17, 15) is 4.79 Å². The molecule has 1 aromatic heterocycles. The monoisotopic (exact) mass is 379 g/mol. The van der Waals surface area contributed by atoms with Crippen molar-refractivity contribution in [2.45, 2.75) is 25.3 Å². The average Bonchev–Trinajstić information content (AvgIpc) is 2.90. The van der Waals surface area contributed by atoms with Gasteiger partial charge in [-0.2, -0.15) is 4.37 Å². The molecule has 0 aliphatic carbocycles. The molecule has 22 heavy (non-hydrogen) atoms. The van der Waals surface area contributed by atoms with E-state index in [1.807, 2.05) is 12.1 Å². The predicted molar refractivity (Wildman–Crippen MR) is 92.1 cm³/mol. The molecule has 3 fully saturated rings. The van der Waals surface area contributed by atoms with E-state index >= 15 is 0 Å². The molecule has 4 heterocycles. The van der Waals surface area contributed by atoms with Crippen molar-refractivity contribution in [1.29, 1.82) is 0 Å². The second-order valence-corrected chi connectivity index (χ2v) is 7.98. The van der Waals surface area contributed by atoms with E-state index in [1.54, 1.807) is 0 Å². The molecule has 116 valence electrons. The zero-order valence-electron chi connectivity index (χ0n) is 12.2. The summed E-state index contributed by atoms with van der Waals surface area (Å²) >= 11 is 4.93. The predicted octanol–water partition coefficient (Wildman–Crippen LogP) is 2.81. The Morgan fingerprint density at radius 1 is 1.41 bits per heavy atom. The summed E-state index contributed by atoms with van der Waals surface area (Å²) in [6, 6.07) is 6.43. The molecule has 3 saturated heterocycles. The number of piperidine rings is 3. The lowest BCUT2D eigenvalue weighted by atomic mass is 9.84. The van der Waals surface area contributed by atoms with E-state index < -0.39 is 0 Å². The number of aromatic nitrogens is 1. The van der Waals surface area contributed by atoms with Crippen LogP contribution >= 0.6 is 27.5 Å². The zero-order valence-corrected chi connectivity index (χ0v) is 14.6. The molecule has 1 amide bonds. The smallest absolute Gasteiger partial charge is 0.226 e. The Bertz CT molecular complexity index is 708. The Morgan fingerprint density at radius 3 is 2.95 bits per heavy atom. The van der Waals surface area contributed by atoms with Crippen LogP contribution in [0.5, 0.6) is 0 Å². The molecule has 3 aliphatic heterocycles. The van der Waals surface area contributed by atoms with Crippen LogP contribution in [0.3, 0.4) is 0 Å². The minimum absolute atomic E-state index is 0.105. The summed E-state index contributed by atoms with van der Waals surface area (Å²) in [6.07, 6.45) is 2.82. The first-order valence-electron chi connectivity index (χ1n) is 7.74. The minimum Gasteiger partial charge on any atom is -0.351 e. The number of amides is 1. The van der Waals surface area contributed by atoms with Crippen molar-refractivity contribution in [3.05, 3.63) is 28.4 Å². The highest BCUT2D eigenvalue weighted by Crippen LogP contribution is 2.28. The molecule has 0 saturated carbocycles. The molecular weight excluding hydrogens is 362 g/mol. The van der Waals surface area contributed by atoms with Gasteiger partial charge in [-0.25, -0.2) is 0 Å². The number of carbonyl (C=O) groups is 1. The van der Waals surface area contributed by atoms with Crippen LogP contribution in [0, 0.1) is 5.92 Å². The normalized spacial score (nSPS) is 27.2. The first-order chi connectivity index (χ1) is 10.7. The molecule has 6 heteroatoms. The largest absolute Gasteiger partial charge is 0.351 e. The van der Waals surface area contributed by atoms with Crippen LogP contribution < -0.4 is 5.32 Å². The van der Waals surface area contributed by atoms with Gasteiger partial charge < -0.3 is 10.2 Å². The lowest BCUT2D eigenvalue weighted by molar-refractivity contribution is -0.122. The number of carbonyl (C=O) groups excluding carboxylic acids is 1. The van der Waals surface area contributed by atoms with Crippen LogP contribution in [0.4, 0.5) is 0 Å². The van der Waals surface area contributed by atoms with Crippen molar-refractivity contribution in [3.63, 3.8) is 0 Å². The number of rotatable bonds is 3. The average molecular weight is 380 g/mol. The Hall–Kier alpha value is -0.980. The van der Waals surface area contributed by atoms with Crippen LogP contribution in [0.15, 0.2) is 22.7 Å². The maximum Gasteiger partial charge on any atom is 0.226 e. The van der Waals surface area contributed by atoms with Gasteiger partial charge in [-0.3, -0.25) is 4.79 Å². The number of hydrogen-bond acceptors (Lipinski definition) is 4. The molecule has 0 radical (unpaired) electrons. The summed E-state index contributed by atoms with van der Waals surface area (Å²) in [6.45, 7) is 3.41. The van der Waals surface area contributed by atoms with Crippen LogP contribution in [0.2, 0.25) is 0 Å². The molecule has 4 nitrogen and oxygen atoms in total. The number of nitrogens with zero attached hydrogens (tertiary/aromatic N) is 2. The molecule has 0 unspecified atom stereocenters. The van der Waals surface area contributed by atoms with Crippen molar-refractivity contribution in [2.24, 2.45) is 5.92 Å². The van der Waals surface area contributed by atoms with Gasteiger partial charge in [0.2, 0.25) is 5.91 Å². The summed E-state index contributed by atoms with van der Waals surface area (Å²) < 4.78 is 6.64.